The summed E-state index contributed by atoms with van der Waals surface area (Å²) in [5, 5.41) is -0.0330. The Kier molecular flexibility index (Phi) is 6.82. The second-order valence-corrected chi connectivity index (χ2v) is 9.50. The largest absolute Gasteiger partial charge is 0.491 e. The average Bonchev–Trinajstić information content (AvgIpc) is 2.71. The first-order valence-corrected chi connectivity index (χ1v) is 10.1. The minimum Gasteiger partial charge on any atom is -0.400 e. The number of carbonyl (C=O) groups is 1. The molecule has 148 valence electrons. The highest BCUT2D eigenvalue weighted by Crippen LogP contribution is 2.40. The molecule has 0 amide bonds. The maximum Gasteiger partial charge on any atom is 0.491 e. The second-order valence-electron chi connectivity index (χ2n) is 7.20. The Bertz CT molecular complexity index is 700. The molecule has 0 saturated carbocycles. The highest BCUT2D eigenvalue weighted by molar-refractivity contribution is 8.13. The summed E-state index contributed by atoms with van der Waals surface area (Å²) in [4.78, 5) is 11.5. The van der Waals surface area contributed by atoms with E-state index >= 15 is 0 Å². The number of rotatable bonds is 5. The van der Waals surface area contributed by atoms with Gasteiger partial charge in [-0.2, -0.15) is 13.2 Å². The van der Waals surface area contributed by atoms with Crippen LogP contribution in [0.1, 0.15) is 40.2 Å². The molecule has 0 aromatic heterocycles. The monoisotopic (exact) mass is 418 g/mol. The van der Waals surface area contributed by atoms with E-state index in [4.69, 9.17) is 9.31 Å². The van der Waals surface area contributed by atoms with Crippen LogP contribution in [0.2, 0.25) is 0 Å². The molecule has 27 heavy (non-hydrogen) atoms. The van der Waals surface area contributed by atoms with Crippen LogP contribution in [-0.2, 0) is 14.1 Å². The molecule has 0 radical (unpaired) electrons. The molecule has 0 N–H and O–H groups in total. The van der Waals surface area contributed by atoms with Crippen molar-refractivity contribution in [2.45, 2.75) is 56.2 Å². The summed E-state index contributed by atoms with van der Waals surface area (Å²) >= 11 is 0.985. The molecule has 1 heterocycles. The lowest BCUT2D eigenvalue weighted by atomic mass is 9.78. The van der Waals surface area contributed by atoms with E-state index in [1.54, 1.807) is 18.2 Å². The molecular formula is C18H22BF3O3S2. The standard InChI is InChI=1S/C18H22BF3O3S2/c1-12(23)26-11-14(19-24-16(2,3)17(4,5)25-19)10-13-6-8-15(9-7-13)27-18(20,21)22/h6-10H,11H2,1-5H3. The number of carbonyl (C=O) groups excluding carboxylic acids is 1. The highest BCUT2D eigenvalue weighted by Gasteiger charge is 2.52. The summed E-state index contributed by atoms with van der Waals surface area (Å²) in [6.07, 6.45) is 1.81. The first kappa shape index (κ1) is 22.4. The van der Waals surface area contributed by atoms with E-state index in [2.05, 4.69) is 0 Å². The van der Waals surface area contributed by atoms with Crippen LogP contribution in [0.5, 0.6) is 0 Å². The third-order valence-corrected chi connectivity index (χ3v) is 6.09. The molecule has 1 aromatic rings. The van der Waals surface area contributed by atoms with Crippen molar-refractivity contribution in [3.8, 4) is 0 Å². The summed E-state index contributed by atoms with van der Waals surface area (Å²) in [5.74, 6) is 0.380. The van der Waals surface area contributed by atoms with Crippen LogP contribution in [0.3, 0.4) is 0 Å². The summed E-state index contributed by atoms with van der Waals surface area (Å²) in [6.45, 7) is 9.23. The minimum absolute atomic E-state index is 0.0330. The first-order chi connectivity index (χ1) is 12.3. The van der Waals surface area contributed by atoms with Crippen LogP contribution in [0, 0.1) is 0 Å². The number of halogens is 3. The smallest absolute Gasteiger partial charge is 0.400 e. The van der Waals surface area contributed by atoms with Gasteiger partial charge in [0, 0.05) is 17.6 Å². The van der Waals surface area contributed by atoms with E-state index in [-0.39, 0.29) is 21.8 Å². The number of thioether (sulfide) groups is 2. The number of hydrogen-bond donors (Lipinski definition) is 0. The Morgan fingerprint density at radius 1 is 1.11 bits per heavy atom. The maximum absolute atomic E-state index is 12.5. The summed E-state index contributed by atoms with van der Waals surface area (Å²) < 4.78 is 49.5. The molecule has 3 nitrogen and oxygen atoms in total. The van der Waals surface area contributed by atoms with E-state index in [1.807, 2.05) is 27.7 Å². The predicted octanol–water partition coefficient (Wildman–Crippen LogP) is 5.59. The average molecular weight is 418 g/mol. The molecule has 9 heteroatoms. The first-order valence-electron chi connectivity index (χ1n) is 8.34. The van der Waals surface area contributed by atoms with Crippen LogP contribution >= 0.6 is 23.5 Å². The lowest BCUT2D eigenvalue weighted by Gasteiger charge is -2.32. The summed E-state index contributed by atoms with van der Waals surface area (Å²) in [7, 11) is -0.619. The van der Waals surface area contributed by atoms with Gasteiger partial charge in [0.05, 0.1) is 11.2 Å². The SMILES string of the molecule is CC(=O)SCC(=Cc1ccc(SC(F)(F)F)cc1)B1OC(C)(C)C(C)(C)O1. The van der Waals surface area contributed by atoms with Crippen molar-refractivity contribution in [1.29, 1.82) is 0 Å². The van der Waals surface area contributed by atoms with Crippen LogP contribution in [0.25, 0.3) is 6.08 Å². The van der Waals surface area contributed by atoms with Crippen molar-refractivity contribution >= 4 is 41.8 Å². The zero-order valence-corrected chi connectivity index (χ0v) is 17.5. The van der Waals surface area contributed by atoms with E-state index in [0.717, 1.165) is 22.8 Å². The van der Waals surface area contributed by atoms with E-state index < -0.39 is 23.8 Å². The number of alkyl halides is 3. The van der Waals surface area contributed by atoms with Crippen LogP contribution in [-0.4, -0.2) is 34.7 Å². The molecule has 0 unspecified atom stereocenters. The lowest BCUT2D eigenvalue weighted by Crippen LogP contribution is -2.41. The molecule has 1 aromatic carbocycles. The van der Waals surface area contributed by atoms with Crippen LogP contribution in [0.4, 0.5) is 13.2 Å². The third-order valence-electron chi connectivity index (χ3n) is 4.46. The Balaban J connectivity index is 2.25. The molecule has 0 spiro atoms. The van der Waals surface area contributed by atoms with Gasteiger partial charge in [-0.25, -0.2) is 0 Å². The van der Waals surface area contributed by atoms with Crippen LogP contribution < -0.4 is 0 Å². The molecule has 1 saturated heterocycles. The van der Waals surface area contributed by atoms with Crippen LogP contribution in [0.15, 0.2) is 34.6 Å². The van der Waals surface area contributed by atoms with Gasteiger partial charge in [0.2, 0.25) is 0 Å². The van der Waals surface area contributed by atoms with E-state index in [1.165, 1.54) is 19.1 Å². The molecular weight excluding hydrogens is 396 g/mol. The van der Waals surface area contributed by atoms with E-state index in [9.17, 15) is 18.0 Å². The zero-order valence-electron chi connectivity index (χ0n) is 15.8. The second kappa shape index (κ2) is 8.23. The predicted molar refractivity (Wildman–Crippen MR) is 106 cm³/mol. The number of hydrogen-bond acceptors (Lipinski definition) is 5. The number of benzene rings is 1. The topological polar surface area (TPSA) is 35.5 Å². The fraction of sp³-hybridized carbons (Fsp3) is 0.500. The Labute approximate surface area is 166 Å². The van der Waals surface area contributed by atoms with Gasteiger partial charge in [-0.1, -0.05) is 30.0 Å². The lowest BCUT2D eigenvalue weighted by molar-refractivity contribution is -0.109. The fourth-order valence-electron chi connectivity index (χ4n) is 2.34. The maximum atomic E-state index is 12.5. The summed E-state index contributed by atoms with van der Waals surface area (Å²) in [6, 6.07) is 6.06. The molecule has 1 fully saturated rings. The Hall–Kier alpha value is -0.895. The van der Waals surface area contributed by atoms with Gasteiger partial charge in [0.25, 0.3) is 0 Å². The molecule has 2 rings (SSSR count). The molecule has 1 aliphatic heterocycles. The van der Waals surface area contributed by atoms with Gasteiger partial charge in [-0.15, -0.1) is 0 Å². The van der Waals surface area contributed by atoms with Gasteiger partial charge in [-0.3, -0.25) is 4.79 Å². The minimum atomic E-state index is -4.32. The van der Waals surface area contributed by atoms with Crippen molar-refractivity contribution in [3.63, 3.8) is 0 Å². The van der Waals surface area contributed by atoms with E-state index in [0.29, 0.717) is 5.75 Å². The van der Waals surface area contributed by atoms with Gasteiger partial charge in [0.1, 0.15) is 0 Å². The fourth-order valence-corrected chi connectivity index (χ4v) is 3.47. The van der Waals surface area contributed by atoms with Gasteiger partial charge >= 0.3 is 12.6 Å². The third kappa shape index (κ3) is 6.30. The van der Waals surface area contributed by atoms with Crippen molar-refractivity contribution in [3.05, 3.63) is 35.3 Å². The van der Waals surface area contributed by atoms with Crippen molar-refractivity contribution in [2.75, 3.05) is 5.75 Å². The Morgan fingerprint density at radius 2 is 1.63 bits per heavy atom. The Morgan fingerprint density at radius 3 is 2.07 bits per heavy atom. The van der Waals surface area contributed by atoms with Gasteiger partial charge in [0.15, 0.2) is 5.12 Å². The highest BCUT2D eigenvalue weighted by atomic mass is 32.2. The molecule has 1 aliphatic rings. The van der Waals surface area contributed by atoms with Gasteiger partial charge < -0.3 is 9.31 Å². The molecule has 0 atom stereocenters. The molecule has 0 bridgehead atoms. The molecule has 0 aliphatic carbocycles. The van der Waals surface area contributed by atoms with Gasteiger partial charge in [-0.05, 0) is 62.6 Å². The van der Waals surface area contributed by atoms with Crippen molar-refractivity contribution in [1.82, 2.24) is 0 Å². The zero-order chi connectivity index (χ0) is 20.5. The summed E-state index contributed by atoms with van der Waals surface area (Å²) in [5.41, 5.74) is -3.89. The van der Waals surface area contributed by atoms with Crippen molar-refractivity contribution < 1.29 is 27.3 Å². The quantitative estimate of drug-likeness (QED) is 0.460. The normalized spacial score (nSPS) is 19.4. The van der Waals surface area contributed by atoms with Crippen molar-refractivity contribution in [2.24, 2.45) is 0 Å².